The van der Waals surface area contributed by atoms with Gasteiger partial charge in [0, 0.05) is 20.1 Å². The Morgan fingerprint density at radius 3 is 3.00 bits per heavy atom. The van der Waals surface area contributed by atoms with E-state index in [9.17, 15) is 9.18 Å². The molecule has 110 valence electrons. The Labute approximate surface area is 119 Å². The van der Waals surface area contributed by atoms with Crippen LogP contribution in [0.2, 0.25) is 0 Å². The van der Waals surface area contributed by atoms with Gasteiger partial charge in [-0.25, -0.2) is 4.39 Å². The topological polar surface area (TPSA) is 44.4 Å². The largest absolute Gasteiger partial charge is 0.372 e. The zero-order chi connectivity index (χ0) is 14.4. The second kappa shape index (κ2) is 7.24. The van der Waals surface area contributed by atoms with Gasteiger partial charge in [-0.05, 0) is 37.9 Å². The Balaban J connectivity index is 1.68. The number of carbonyl (C=O) groups excluding carboxylic acids is 1. The molecule has 0 radical (unpaired) electrons. The molecule has 1 aromatic carbocycles. The summed E-state index contributed by atoms with van der Waals surface area (Å²) >= 11 is 0. The van der Waals surface area contributed by atoms with E-state index in [1.54, 1.807) is 12.1 Å². The number of carbonyl (C=O) groups is 1. The van der Waals surface area contributed by atoms with Gasteiger partial charge in [-0.2, -0.15) is 0 Å². The van der Waals surface area contributed by atoms with E-state index in [-0.39, 0.29) is 17.8 Å². The first-order valence-electron chi connectivity index (χ1n) is 7.15. The fraction of sp³-hybridized carbons (Fsp3) is 0.533. The zero-order valence-corrected chi connectivity index (χ0v) is 11.9. The molecule has 1 heterocycles. The van der Waals surface area contributed by atoms with Crippen LogP contribution in [-0.4, -0.2) is 38.6 Å². The second-order valence-electron chi connectivity index (χ2n) is 5.17. The van der Waals surface area contributed by atoms with Crippen molar-refractivity contribution >= 4 is 11.6 Å². The predicted octanol–water partition coefficient (Wildman–Crippen LogP) is 1.52. The van der Waals surface area contributed by atoms with Gasteiger partial charge in [-0.15, -0.1) is 0 Å². The maximum atomic E-state index is 13.6. The van der Waals surface area contributed by atoms with E-state index in [2.05, 4.69) is 10.6 Å². The third kappa shape index (κ3) is 3.93. The Hall–Kier alpha value is -1.62. The van der Waals surface area contributed by atoms with Crippen LogP contribution in [0.1, 0.15) is 19.3 Å². The lowest BCUT2D eigenvalue weighted by molar-refractivity contribution is -0.122. The fourth-order valence-corrected chi connectivity index (χ4v) is 2.44. The van der Waals surface area contributed by atoms with Gasteiger partial charge in [0.15, 0.2) is 0 Å². The summed E-state index contributed by atoms with van der Waals surface area (Å²) in [6, 6.07) is 6.69. The highest BCUT2D eigenvalue weighted by Crippen LogP contribution is 2.16. The molecule has 1 saturated heterocycles. The van der Waals surface area contributed by atoms with Crippen molar-refractivity contribution in [3.05, 3.63) is 30.1 Å². The zero-order valence-electron chi connectivity index (χ0n) is 11.9. The van der Waals surface area contributed by atoms with E-state index in [0.29, 0.717) is 18.8 Å². The maximum absolute atomic E-state index is 13.6. The van der Waals surface area contributed by atoms with Crippen LogP contribution in [0, 0.1) is 5.82 Å². The number of nitrogens with zero attached hydrogens (tertiary/aromatic N) is 1. The average molecular weight is 279 g/mol. The molecule has 1 fully saturated rings. The minimum absolute atomic E-state index is 0.0284. The van der Waals surface area contributed by atoms with Crippen molar-refractivity contribution < 1.29 is 9.18 Å². The van der Waals surface area contributed by atoms with E-state index in [1.165, 1.54) is 6.07 Å². The maximum Gasteiger partial charge on any atom is 0.237 e. The fourth-order valence-electron chi connectivity index (χ4n) is 2.44. The molecular weight excluding hydrogens is 257 g/mol. The molecule has 1 aromatic rings. The molecule has 0 spiro atoms. The predicted molar refractivity (Wildman–Crippen MR) is 78.3 cm³/mol. The second-order valence-corrected chi connectivity index (χ2v) is 5.17. The number of amides is 1. The molecule has 5 heteroatoms. The van der Waals surface area contributed by atoms with E-state index in [0.717, 1.165) is 25.8 Å². The first-order chi connectivity index (χ1) is 9.68. The standard InChI is InChI=1S/C15H22FN3O/c1-19(14-8-3-2-6-12(14)16)11-5-10-18-15(20)13-7-4-9-17-13/h2-3,6,8,13,17H,4-5,7,9-11H2,1H3,(H,18,20). The summed E-state index contributed by atoms with van der Waals surface area (Å²) in [5, 5.41) is 6.09. The van der Waals surface area contributed by atoms with Crippen molar-refractivity contribution in [1.29, 1.82) is 0 Å². The number of para-hydroxylation sites is 1. The third-order valence-corrected chi connectivity index (χ3v) is 3.61. The summed E-state index contributed by atoms with van der Waals surface area (Å²) in [6.07, 6.45) is 2.78. The van der Waals surface area contributed by atoms with Crippen LogP contribution in [0.25, 0.3) is 0 Å². The molecule has 0 aliphatic carbocycles. The highest BCUT2D eigenvalue weighted by Gasteiger charge is 2.21. The van der Waals surface area contributed by atoms with E-state index < -0.39 is 0 Å². The molecule has 4 nitrogen and oxygen atoms in total. The van der Waals surface area contributed by atoms with Gasteiger partial charge in [0.1, 0.15) is 5.82 Å². The molecule has 1 atom stereocenters. The Bertz CT molecular complexity index is 446. The molecule has 1 amide bonds. The Kier molecular flexibility index (Phi) is 5.35. The first kappa shape index (κ1) is 14.8. The SMILES string of the molecule is CN(CCCNC(=O)C1CCCN1)c1ccccc1F. The van der Waals surface area contributed by atoms with Gasteiger partial charge >= 0.3 is 0 Å². The smallest absolute Gasteiger partial charge is 0.237 e. The van der Waals surface area contributed by atoms with Crippen molar-refractivity contribution in [2.45, 2.75) is 25.3 Å². The van der Waals surface area contributed by atoms with Crippen LogP contribution < -0.4 is 15.5 Å². The van der Waals surface area contributed by atoms with E-state index in [1.807, 2.05) is 18.0 Å². The lowest BCUT2D eigenvalue weighted by Crippen LogP contribution is -2.41. The number of benzene rings is 1. The number of anilines is 1. The van der Waals surface area contributed by atoms with Crippen LogP contribution >= 0.6 is 0 Å². The molecule has 1 aliphatic rings. The summed E-state index contributed by atoms with van der Waals surface area (Å²) < 4.78 is 13.6. The summed E-state index contributed by atoms with van der Waals surface area (Å²) in [5.74, 6) is -0.134. The highest BCUT2D eigenvalue weighted by atomic mass is 19.1. The molecule has 0 saturated carbocycles. The van der Waals surface area contributed by atoms with Gasteiger partial charge in [-0.3, -0.25) is 4.79 Å². The van der Waals surface area contributed by atoms with Gasteiger partial charge in [0.05, 0.1) is 11.7 Å². The molecule has 1 unspecified atom stereocenters. The van der Waals surface area contributed by atoms with Crippen molar-refractivity contribution in [2.75, 3.05) is 31.6 Å². The normalized spacial score (nSPS) is 18.0. The number of nitrogens with one attached hydrogen (secondary N) is 2. The molecule has 1 aliphatic heterocycles. The minimum Gasteiger partial charge on any atom is -0.372 e. The Morgan fingerprint density at radius 2 is 2.30 bits per heavy atom. The summed E-state index contributed by atoms with van der Waals surface area (Å²) in [5.41, 5.74) is 0.594. The van der Waals surface area contributed by atoms with Gasteiger partial charge in [-0.1, -0.05) is 12.1 Å². The summed E-state index contributed by atoms with van der Waals surface area (Å²) in [6.45, 7) is 2.25. The van der Waals surface area contributed by atoms with Crippen LogP contribution in [0.15, 0.2) is 24.3 Å². The van der Waals surface area contributed by atoms with Crippen molar-refractivity contribution in [2.24, 2.45) is 0 Å². The van der Waals surface area contributed by atoms with Crippen LogP contribution in [-0.2, 0) is 4.79 Å². The first-order valence-corrected chi connectivity index (χ1v) is 7.15. The molecule has 0 aromatic heterocycles. The lowest BCUT2D eigenvalue weighted by atomic mass is 10.2. The van der Waals surface area contributed by atoms with Crippen LogP contribution in [0.3, 0.4) is 0 Å². The van der Waals surface area contributed by atoms with Gasteiger partial charge < -0.3 is 15.5 Å². The van der Waals surface area contributed by atoms with Crippen molar-refractivity contribution in [3.8, 4) is 0 Å². The van der Waals surface area contributed by atoms with Crippen LogP contribution in [0.4, 0.5) is 10.1 Å². The quantitative estimate of drug-likeness (QED) is 0.776. The molecule has 20 heavy (non-hydrogen) atoms. The average Bonchev–Trinajstić information content (AvgIpc) is 2.98. The molecule has 2 N–H and O–H groups in total. The summed E-state index contributed by atoms with van der Waals surface area (Å²) in [4.78, 5) is 13.6. The minimum atomic E-state index is -0.214. The van der Waals surface area contributed by atoms with Gasteiger partial charge in [0.25, 0.3) is 0 Å². The number of halogens is 1. The number of hydrogen-bond acceptors (Lipinski definition) is 3. The third-order valence-electron chi connectivity index (χ3n) is 3.61. The molecule has 0 bridgehead atoms. The van der Waals surface area contributed by atoms with Crippen molar-refractivity contribution in [3.63, 3.8) is 0 Å². The highest BCUT2D eigenvalue weighted by molar-refractivity contribution is 5.81. The molecular formula is C15H22FN3O. The van der Waals surface area contributed by atoms with Gasteiger partial charge in [0.2, 0.25) is 5.91 Å². The monoisotopic (exact) mass is 279 g/mol. The summed E-state index contributed by atoms with van der Waals surface area (Å²) in [7, 11) is 1.86. The van der Waals surface area contributed by atoms with Crippen LogP contribution in [0.5, 0.6) is 0 Å². The van der Waals surface area contributed by atoms with Crippen molar-refractivity contribution in [1.82, 2.24) is 10.6 Å². The van der Waals surface area contributed by atoms with E-state index >= 15 is 0 Å². The number of rotatable bonds is 6. The lowest BCUT2D eigenvalue weighted by Gasteiger charge is -2.20. The number of hydrogen-bond donors (Lipinski definition) is 2. The van der Waals surface area contributed by atoms with E-state index in [4.69, 9.17) is 0 Å². The molecule has 2 rings (SSSR count). The Morgan fingerprint density at radius 1 is 1.50 bits per heavy atom.